The van der Waals surface area contributed by atoms with E-state index >= 15 is 0 Å². The minimum Gasteiger partial charge on any atom is -0.300 e. The molecule has 0 radical (unpaired) electrons. The second-order valence-electron chi connectivity index (χ2n) is 5.63. The normalized spacial score (nSPS) is 31.1. The Balaban J connectivity index is 1.69. The molecule has 2 aliphatic carbocycles. The molecule has 3 heteroatoms. The molecular weight excluding hydrogens is 256 g/mol. The van der Waals surface area contributed by atoms with E-state index in [9.17, 15) is 9.59 Å². The Morgan fingerprint density at radius 2 is 1.79 bits per heavy atom. The second kappa shape index (κ2) is 5.49. The molecule has 3 atom stereocenters. The van der Waals surface area contributed by atoms with Crippen molar-refractivity contribution in [2.24, 2.45) is 11.8 Å². The highest BCUT2D eigenvalue weighted by atomic mass is 32.2. The fourth-order valence-corrected chi connectivity index (χ4v) is 4.48. The van der Waals surface area contributed by atoms with E-state index in [1.807, 2.05) is 18.2 Å². The summed E-state index contributed by atoms with van der Waals surface area (Å²) in [5.74, 6) is 1.68. The van der Waals surface area contributed by atoms with Crippen LogP contribution in [0.15, 0.2) is 35.2 Å². The predicted octanol–water partition coefficient (Wildman–Crippen LogP) is 3.50. The van der Waals surface area contributed by atoms with Gasteiger partial charge in [-0.05, 0) is 36.8 Å². The van der Waals surface area contributed by atoms with Gasteiger partial charge in [-0.3, -0.25) is 9.59 Å². The Morgan fingerprint density at radius 1 is 1.00 bits per heavy atom. The Morgan fingerprint density at radius 3 is 2.58 bits per heavy atom. The van der Waals surface area contributed by atoms with Gasteiger partial charge in [0.15, 0.2) is 0 Å². The molecule has 3 unspecified atom stereocenters. The van der Waals surface area contributed by atoms with Gasteiger partial charge in [-0.1, -0.05) is 18.2 Å². The van der Waals surface area contributed by atoms with Crippen molar-refractivity contribution in [1.29, 1.82) is 0 Å². The molecule has 3 rings (SSSR count). The number of benzene rings is 1. The maximum absolute atomic E-state index is 12.2. The first-order chi connectivity index (χ1) is 9.22. The number of hydrogen-bond acceptors (Lipinski definition) is 3. The first-order valence-electron chi connectivity index (χ1n) is 6.98. The number of fused-ring (bicyclic) bond motifs is 1. The molecule has 2 saturated carbocycles. The minimum absolute atomic E-state index is 0.0505. The van der Waals surface area contributed by atoms with Gasteiger partial charge >= 0.3 is 0 Å². The zero-order chi connectivity index (χ0) is 13.2. The zero-order valence-corrected chi connectivity index (χ0v) is 11.7. The summed E-state index contributed by atoms with van der Waals surface area (Å²) in [6, 6.07) is 10.1. The predicted molar refractivity (Wildman–Crippen MR) is 76.2 cm³/mol. The number of ketones is 2. The Hall–Kier alpha value is -1.09. The monoisotopic (exact) mass is 274 g/mol. The van der Waals surface area contributed by atoms with Gasteiger partial charge in [0.2, 0.25) is 0 Å². The van der Waals surface area contributed by atoms with Crippen LogP contribution in [0.2, 0.25) is 0 Å². The van der Waals surface area contributed by atoms with Crippen LogP contribution in [-0.2, 0) is 9.59 Å². The van der Waals surface area contributed by atoms with Crippen molar-refractivity contribution in [3.05, 3.63) is 30.3 Å². The third-order valence-corrected chi connectivity index (χ3v) is 5.60. The zero-order valence-electron chi connectivity index (χ0n) is 10.9. The summed E-state index contributed by atoms with van der Waals surface area (Å²) >= 11 is 1.67. The van der Waals surface area contributed by atoms with Gasteiger partial charge in [0.1, 0.15) is 11.6 Å². The van der Waals surface area contributed by atoms with Gasteiger partial charge in [-0.15, -0.1) is 11.8 Å². The summed E-state index contributed by atoms with van der Waals surface area (Å²) in [6.45, 7) is 0. The fourth-order valence-electron chi connectivity index (χ4n) is 3.26. The lowest BCUT2D eigenvalue weighted by atomic mass is 9.70. The largest absolute Gasteiger partial charge is 0.300 e. The number of rotatable bonds is 2. The molecule has 2 fully saturated rings. The molecule has 1 aromatic rings. The van der Waals surface area contributed by atoms with Crippen LogP contribution in [0.1, 0.15) is 32.1 Å². The molecule has 2 nitrogen and oxygen atoms in total. The van der Waals surface area contributed by atoms with Gasteiger partial charge in [0.25, 0.3) is 0 Å². The molecule has 0 saturated heterocycles. The van der Waals surface area contributed by atoms with Crippen molar-refractivity contribution in [2.45, 2.75) is 42.2 Å². The molecule has 100 valence electrons. The Labute approximate surface area is 118 Å². The van der Waals surface area contributed by atoms with E-state index in [0.29, 0.717) is 42.7 Å². The van der Waals surface area contributed by atoms with Crippen LogP contribution in [0.3, 0.4) is 0 Å². The van der Waals surface area contributed by atoms with E-state index in [4.69, 9.17) is 0 Å². The SMILES string of the molecule is O=C1CCC2CC(=O)C(Sc3ccccc3)CC2C1. The van der Waals surface area contributed by atoms with Gasteiger partial charge in [-0.2, -0.15) is 0 Å². The van der Waals surface area contributed by atoms with E-state index < -0.39 is 0 Å². The maximum atomic E-state index is 12.2. The lowest BCUT2D eigenvalue weighted by Gasteiger charge is -2.37. The topological polar surface area (TPSA) is 34.1 Å². The Kier molecular flexibility index (Phi) is 3.74. The van der Waals surface area contributed by atoms with Crippen molar-refractivity contribution < 1.29 is 9.59 Å². The third kappa shape index (κ3) is 2.92. The summed E-state index contributed by atoms with van der Waals surface area (Å²) in [7, 11) is 0. The summed E-state index contributed by atoms with van der Waals surface area (Å²) in [5, 5.41) is 0.0505. The molecule has 0 spiro atoms. The van der Waals surface area contributed by atoms with E-state index in [-0.39, 0.29) is 5.25 Å². The van der Waals surface area contributed by atoms with Crippen LogP contribution >= 0.6 is 11.8 Å². The van der Waals surface area contributed by atoms with Gasteiger partial charge in [0, 0.05) is 24.2 Å². The first kappa shape index (κ1) is 12.9. The molecule has 1 aromatic carbocycles. The third-order valence-electron chi connectivity index (χ3n) is 4.31. The molecule has 0 amide bonds. The van der Waals surface area contributed by atoms with Gasteiger partial charge < -0.3 is 0 Å². The number of thioether (sulfide) groups is 1. The van der Waals surface area contributed by atoms with E-state index in [1.54, 1.807) is 11.8 Å². The van der Waals surface area contributed by atoms with Crippen LogP contribution < -0.4 is 0 Å². The summed E-state index contributed by atoms with van der Waals surface area (Å²) in [4.78, 5) is 25.0. The van der Waals surface area contributed by atoms with Crippen molar-refractivity contribution >= 4 is 23.3 Å². The van der Waals surface area contributed by atoms with Crippen molar-refractivity contribution in [3.8, 4) is 0 Å². The summed E-state index contributed by atoms with van der Waals surface area (Å²) in [5.41, 5.74) is 0. The highest BCUT2D eigenvalue weighted by molar-refractivity contribution is 8.00. The maximum Gasteiger partial charge on any atom is 0.146 e. The quantitative estimate of drug-likeness (QED) is 0.828. The lowest BCUT2D eigenvalue weighted by molar-refractivity contribution is -0.128. The number of carbonyl (C=O) groups is 2. The molecule has 0 N–H and O–H groups in total. The average molecular weight is 274 g/mol. The molecule has 0 heterocycles. The molecule has 0 aromatic heterocycles. The Bertz CT molecular complexity index is 483. The number of carbonyl (C=O) groups excluding carboxylic acids is 2. The summed E-state index contributed by atoms with van der Waals surface area (Å²) < 4.78 is 0. The van der Waals surface area contributed by atoms with Crippen LogP contribution in [0, 0.1) is 11.8 Å². The highest BCUT2D eigenvalue weighted by Gasteiger charge is 2.39. The molecular formula is C16H18O2S. The van der Waals surface area contributed by atoms with E-state index in [2.05, 4.69) is 12.1 Å². The smallest absolute Gasteiger partial charge is 0.146 e. The van der Waals surface area contributed by atoms with Crippen LogP contribution in [0.5, 0.6) is 0 Å². The molecule has 2 aliphatic rings. The van der Waals surface area contributed by atoms with E-state index in [1.165, 1.54) is 0 Å². The highest BCUT2D eigenvalue weighted by Crippen LogP contribution is 2.42. The van der Waals surface area contributed by atoms with Gasteiger partial charge in [-0.25, -0.2) is 0 Å². The molecule has 0 bridgehead atoms. The lowest BCUT2D eigenvalue weighted by Crippen LogP contribution is -2.37. The average Bonchev–Trinajstić information content (AvgIpc) is 2.41. The second-order valence-corrected chi connectivity index (χ2v) is 6.90. The fraction of sp³-hybridized carbons (Fsp3) is 0.500. The number of hydrogen-bond donors (Lipinski definition) is 0. The molecule has 19 heavy (non-hydrogen) atoms. The minimum atomic E-state index is 0.0505. The van der Waals surface area contributed by atoms with Crippen LogP contribution in [-0.4, -0.2) is 16.8 Å². The van der Waals surface area contributed by atoms with Crippen molar-refractivity contribution in [3.63, 3.8) is 0 Å². The number of Topliss-reactive ketones (excluding diaryl/α,β-unsaturated/α-hetero) is 2. The van der Waals surface area contributed by atoms with Crippen molar-refractivity contribution in [1.82, 2.24) is 0 Å². The van der Waals surface area contributed by atoms with Crippen molar-refractivity contribution in [2.75, 3.05) is 0 Å². The van der Waals surface area contributed by atoms with Crippen LogP contribution in [0.4, 0.5) is 0 Å². The summed E-state index contributed by atoms with van der Waals surface area (Å²) in [6.07, 6.45) is 3.88. The van der Waals surface area contributed by atoms with Gasteiger partial charge in [0.05, 0.1) is 5.25 Å². The molecule has 0 aliphatic heterocycles. The van der Waals surface area contributed by atoms with E-state index in [0.717, 1.165) is 17.7 Å². The first-order valence-corrected chi connectivity index (χ1v) is 7.86. The van der Waals surface area contributed by atoms with Crippen LogP contribution in [0.25, 0.3) is 0 Å². The standard InChI is InChI=1S/C16H18O2S/c17-13-7-6-11-9-15(18)16(10-12(11)8-13)19-14-4-2-1-3-5-14/h1-5,11-12,16H,6-10H2.